The highest BCUT2D eigenvalue weighted by Gasteiger charge is 2.31. The number of rotatable bonds is 10. The van der Waals surface area contributed by atoms with E-state index in [1.54, 1.807) is 27.7 Å². The number of non-ortho nitro benzene ring substituents is 2. The zero-order valence-corrected chi connectivity index (χ0v) is 26.4. The average molecular weight is 661 g/mol. The van der Waals surface area contributed by atoms with Crippen molar-refractivity contribution in [3.63, 3.8) is 0 Å². The molecule has 2 atom stereocenters. The molecule has 2 aromatic rings. The first-order valence-electron chi connectivity index (χ1n) is 14.8. The van der Waals surface area contributed by atoms with E-state index < -0.39 is 34.0 Å². The molecular formula is C31H36N2O14. The number of ketones is 2. The number of nitrogens with zero attached hydrogens (tertiary/aromatic N) is 2. The summed E-state index contributed by atoms with van der Waals surface area (Å²) < 4.78 is 25.2. The van der Waals surface area contributed by atoms with E-state index in [1.165, 1.54) is 36.4 Å². The van der Waals surface area contributed by atoms with Gasteiger partial charge in [0.2, 0.25) is 0 Å². The summed E-state index contributed by atoms with van der Waals surface area (Å²) in [7, 11) is 0. The summed E-state index contributed by atoms with van der Waals surface area (Å²) in [6.07, 6.45) is -0.717. The van der Waals surface area contributed by atoms with Crippen LogP contribution in [0, 0.1) is 20.2 Å². The zero-order valence-electron chi connectivity index (χ0n) is 26.4. The van der Waals surface area contributed by atoms with Crippen LogP contribution in [0.1, 0.15) is 80.5 Å². The normalized spacial score (nSPS) is 15.7. The molecule has 0 radical (unpaired) electrons. The minimum Gasteiger partial charge on any atom is -0.489 e. The maximum atomic E-state index is 12.0. The first kappa shape index (κ1) is 37.8. The van der Waals surface area contributed by atoms with Crippen molar-refractivity contribution in [1.82, 2.24) is 0 Å². The third kappa shape index (κ3) is 11.8. The molecule has 0 spiro atoms. The second kappa shape index (κ2) is 18.5. The van der Waals surface area contributed by atoms with Gasteiger partial charge in [-0.25, -0.2) is 0 Å². The van der Waals surface area contributed by atoms with Crippen molar-refractivity contribution in [1.29, 1.82) is 0 Å². The van der Waals surface area contributed by atoms with Crippen LogP contribution in [0.3, 0.4) is 0 Å². The molecule has 0 bridgehead atoms. The van der Waals surface area contributed by atoms with Crippen LogP contribution in [0.5, 0.6) is 11.5 Å². The molecule has 0 saturated heterocycles. The molecule has 254 valence electrons. The summed E-state index contributed by atoms with van der Waals surface area (Å²) in [4.78, 5) is 77.0. The lowest BCUT2D eigenvalue weighted by Gasteiger charge is -2.24. The van der Waals surface area contributed by atoms with Crippen molar-refractivity contribution in [2.45, 2.75) is 72.0 Å². The number of nitro groups is 2. The van der Waals surface area contributed by atoms with Gasteiger partial charge in [0.05, 0.1) is 53.6 Å². The number of nitro benzene ring substituents is 2. The van der Waals surface area contributed by atoms with Gasteiger partial charge in [-0.3, -0.25) is 44.2 Å². The number of fused-ring (bicyclic) bond motifs is 2. The van der Waals surface area contributed by atoms with E-state index >= 15 is 0 Å². The number of benzene rings is 2. The first-order chi connectivity index (χ1) is 22.3. The predicted molar refractivity (Wildman–Crippen MR) is 162 cm³/mol. The van der Waals surface area contributed by atoms with Crippen molar-refractivity contribution in [3.8, 4) is 11.5 Å². The summed E-state index contributed by atoms with van der Waals surface area (Å²) in [6.45, 7) is 7.99. The summed E-state index contributed by atoms with van der Waals surface area (Å²) in [5.41, 5.74) is 0.0349. The van der Waals surface area contributed by atoms with Crippen LogP contribution >= 0.6 is 0 Å². The Morgan fingerprint density at radius 3 is 1.34 bits per heavy atom. The van der Waals surface area contributed by atoms with Crippen molar-refractivity contribution in [2.24, 2.45) is 0 Å². The van der Waals surface area contributed by atoms with Crippen molar-refractivity contribution in [2.75, 3.05) is 19.8 Å². The predicted octanol–water partition coefficient (Wildman–Crippen LogP) is 4.72. The van der Waals surface area contributed by atoms with E-state index in [9.17, 15) is 44.2 Å². The molecule has 0 amide bonds. The van der Waals surface area contributed by atoms with Crippen LogP contribution in [0.2, 0.25) is 0 Å². The molecule has 2 aliphatic rings. The number of hydrogen-bond donors (Lipinski definition) is 0. The quantitative estimate of drug-likeness (QED) is 0.146. The largest absolute Gasteiger partial charge is 0.489 e. The summed E-state index contributed by atoms with van der Waals surface area (Å²) in [5.74, 6) is -1.01. The van der Waals surface area contributed by atoms with Gasteiger partial charge >= 0.3 is 17.9 Å². The molecule has 0 aliphatic carbocycles. The Balaban J connectivity index is 0.000000273. The monoisotopic (exact) mass is 660 g/mol. The minimum absolute atomic E-state index is 0.00693. The van der Waals surface area contributed by atoms with Crippen molar-refractivity contribution >= 4 is 40.8 Å². The fourth-order valence-electron chi connectivity index (χ4n) is 4.28. The molecule has 47 heavy (non-hydrogen) atoms. The number of Topliss-reactive ketones (excluding diaryl/α,β-unsaturated/α-hetero) is 2. The molecular weight excluding hydrogens is 624 g/mol. The standard InChI is InChI=1S/2C13H13NO6.C5H10O2/c2*1-2-19-13(16)7-9-6-11(15)10-5-8(14(17)18)3-4-12(10)20-9;1-3-5(6)7-4-2/h2*3-5,9H,2,6-7H2,1H3;3-4H2,1-2H3/t9-;;/m0../s1. The van der Waals surface area contributed by atoms with Crippen LogP contribution in [0.25, 0.3) is 0 Å². The molecule has 2 aliphatic heterocycles. The van der Waals surface area contributed by atoms with Gasteiger partial charge in [0.1, 0.15) is 23.7 Å². The van der Waals surface area contributed by atoms with Crippen LogP contribution in [-0.4, -0.2) is 71.3 Å². The van der Waals surface area contributed by atoms with E-state index in [2.05, 4.69) is 4.74 Å². The Hall–Kier alpha value is -5.41. The van der Waals surface area contributed by atoms with E-state index in [1.807, 2.05) is 0 Å². The molecule has 2 heterocycles. The lowest BCUT2D eigenvalue weighted by atomic mass is 9.98. The number of esters is 3. The van der Waals surface area contributed by atoms with Gasteiger partial charge in [-0.1, -0.05) is 6.92 Å². The fourth-order valence-corrected chi connectivity index (χ4v) is 4.28. The average Bonchev–Trinajstić information content (AvgIpc) is 3.01. The third-order valence-corrected chi connectivity index (χ3v) is 6.36. The highest BCUT2D eigenvalue weighted by Crippen LogP contribution is 2.33. The van der Waals surface area contributed by atoms with Gasteiger partial charge in [-0.05, 0) is 32.9 Å². The van der Waals surface area contributed by atoms with E-state index in [-0.39, 0.29) is 90.4 Å². The second-order valence-electron chi connectivity index (χ2n) is 9.79. The van der Waals surface area contributed by atoms with Gasteiger partial charge in [0.15, 0.2) is 11.6 Å². The Morgan fingerprint density at radius 1 is 0.681 bits per heavy atom. The minimum atomic E-state index is -0.587. The van der Waals surface area contributed by atoms with Crippen LogP contribution in [0.15, 0.2) is 36.4 Å². The van der Waals surface area contributed by atoms with Crippen LogP contribution in [0.4, 0.5) is 11.4 Å². The van der Waals surface area contributed by atoms with E-state index in [0.29, 0.717) is 13.0 Å². The SMILES string of the molecule is CCOC(=O)CC.CCOC(=O)CC1CC(=O)c2cc([N+](=O)[O-])ccc2O1.CCOC(=O)C[C@@H]1CC(=O)c2cc([N+](=O)[O-])ccc2O1. The lowest BCUT2D eigenvalue weighted by Crippen LogP contribution is -2.29. The van der Waals surface area contributed by atoms with Crippen LogP contribution < -0.4 is 9.47 Å². The van der Waals surface area contributed by atoms with Gasteiger partial charge in [-0.15, -0.1) is 0 Å². The second-order valence-corrected chi connectivity index (χ2v) is 9.79. The number of carbonyl (C=O) groups excluding carboxylic acids is 5. The topological polar surface area (TPSA) is 218 Å². The molecule has 1 unspecified atom stereocenters. The number of carbonyl (C=O) groups is 5. The zero-order chi connectivity index (χ0) is 35.1. The van der Waals surface area contributed by atoms with Gasteiger partial charge in [-0.2, -0.15) is 0 Å². The lowest BCUT2D eigenvalue weighted by molar-refractivity contribution is -0.385. The Labute approximate surface area is 269 Å². The molecule has 0 N–H and O–H groups in total. The molecule has 16 heteroatoms. The Morgan fingerprint density at radius 2 is 1.04 bits per heavy atom. The molecule has 0 aromatic heterocycles. The van der Waals surface area contributed by atoms with E-state index in [0.717, 1.165) is 0 Å². The number of hydrogen-bond acceptors (Lipinski definition) is 14. The maximum Gasteiger partial charge on any atom is 0.309 e. The summed E-state index contributed by atoms with van der Waals surface area (Å²) >= 11 is 0. The number of ether oxygens (including phenoxy) is 5. The Bertz CT molecular complexity index is 1390. The van der Waals surface area contributed by atoms with Gasteiger partial charge < -0.3 is 23.7 Å². The van der Waals surface area contributed by atoms with Gasteiger partial charge in [0, 0.05) is 43.5 Å². The summed E-state index contributed by atoms with van der Waals surface area (Å²) in [5, 5.41) is 21.3. The summed E-state index contributed by atoms with van der Waals surface area (Å²) in [6, 6.07) is 7.67. The first-order valence-corrected chi connectivity index (χ1v) is 14.8. The van der Waals surface area contributed by atoms with Gasteiger partial charge in [0.25, 0.3) is 11.4 Å². The molecule has 0 saturated carbocycles. The third-order valence-electron chi connectivity index (χ3n) is 6.36. The molecule has 4 rings (SSSR count). The fraction of sp³-hybridized carbons (Fsp3) is 0.452. The maximum absolute atomic E-state index is 12.0. The molecule has 16 nitrogen and oxygen atoms in total. The smallest absolute Gasteiger partial charge is 0.309 e. The molecule has 2 aromatic carbocycles. The van der Waals surface area contributed by atoms with Crippen molar-refractivity contribution < 1.29 is 57.5 Å². The highest BCUT2D eigenvalue weighted by molar-refractivity contribution is 6.01. The van der Waals surface area contributed by atoms with E-state index in [4.69, 9.17) is 18.9 Å². The Kier molecular flexibility index (Phi) is 14.9. The van der Waals surface area contributed by atoms with Crippen LogP contribution in [-0.2, 0) is 28.6 Å². The van der Waals surface area contributed by atoms with Crippen molar-refractivity contribution in [3.05, 3.63) is 67.8 Å². The highest BCUT2D eigenvalue weighted by atomic mass is 16.6. The molecule has 0 fully saturated rings.